The van der Waals surface area contributed by atoms with Crippen LogP contribution in [0.3, 0.4) is 0 Å². The van der Waals surface area contributed by atoms with Crippen LogP contribution in [0.1, 0.15) is 97.8 Å². The van der Waals surface area contributed by atoms with Crippen LogP contribution in [0.25, 0.3) is 0 Å². The SMILES string of the molecule is CC[C@H]1CC[C@H]2[C@@H]3CC=C4CC(OCCCCCCS[C@@H]5O[C@H](CO)[C@@H](O)[C@H](O)[C@@H]5O)CC(N)[C@]4(C)[C@H]3CC[C@]12C. The van der Waals surface area contributed by atoms with E-state index in [9.17, 15) is 20.4 Å². The number of rotatable bonds is 11. The molecule has 0 amide bonds. The van der Waals surface area contributed by atoms with Crippen LogP contribution in [0.15, 0.2) is 11.6 Å². The van der Waals surface area contributed by atoms with Crippen molar-refractivity contribution in [2.75, 3.05) is 19.0 Å². The van der Waals surface area contributed by atoms with Gasteiger partial charge in [0.05, 0.1) is 12.7 Å². The zero-order chi connectivity index (χ0) is 29.4. The molecule has 0 aromatic heterocycles. The Morgan fingerprint density at radius 2 is 1.80 bits per heavy atom. The minimum atomic E-state index is -1.30. The standard InChI is InChI=1S/C33H57NO6S/c1-4-20-10-12-24-23-11-9-21-17-22(18-27(34)33(21,3)25(23)13-14-32(20,24)2)39-15-7-5-6-8-16-41-31-30(38)29(37)28(36)26(19-35)40-31/h9,20,22-31,35-38H,4-8,10-19,34H2,1-3H3/t20-,22?,23-,24-,25-,26+,27?,28+,29-,30-,31-,32+,33-/m0/s1. The van der Waals surface area contributed by atoms with Crippen LogP contribution in [-0.4, -0.2) is 81.4 Å². The molecule has 0 radical (unpaired) electrons. The zero-order valence-corrected chi connectivity index (χ0v) is 26.4. The number of allylic oxidation sites excluding steroid dienone is 1. The Kier molecular flexibility index (Phi) is 10.6. The largest absolute Gasteiger partial charge is 0.394 e. The van der Waals surface area contributed by atoms with Gasteiger partial charge >= 0.3 is 0 Å². The van der Waals surface area contributed by atoms with Crippen LogP contribution < -0.4 is 5.73 Å². The first-order valence-electron chi connectivity index (χ1n) is 16.6. The van der Waals surface area contributed by atoms with Crippen LogP contribution in [0.5, 0.6) is 0 Å². The number of nitrogens with two attached hydrogens (primary N) is 1. The number of aliphatic hydroxyl groups excluding tert-OH is 4. The smallest absolute Gasteiger partial charge is 0.132 e. The maximum Gasteiger partial charge on any atom is 0.132 e. The molecule has 2 unspecified atom stereocenters. The average molecular weight is 596 g/mol. The van der Waals surface area contributed by atoms with Gasteiger partial charge in [-0.15, -0.1) is 11.8 Å². The Morgan fingerprint density at radius 1 is 1.02 bits per heavy atom. The molecule has 1 saturated heterocycles. The highest BCUT2D eigenvalue weighted by Gasteiger charge is 2.59. The van der Waals surface area contributed by atoms with Gasteiger partial charge in [0.2, 0.25) is 0 Å². The molecule has 0 spiro atoms. The van der Waals surface area contributed by atoms with E-state index in [0.717, 1.165) is 74.6 Å². The summed E-state index contributed by atoms with van der Waals surface area (Å²) in [5.74, 6) is 4.10. The first-order chi connectivity index (χ1) is 19.6. The summed E-state index contributed by atoms with van der Waals surface area (Å²) >= 11 is 1.44. The van der Waals surface area contributed by atoms with E-state index in [1.54, 1.807) is 5.57 Å². The Labute approximate surface area is 252 Å². The summed E-state index contributed by atoms with van der Waals surface area (Å²) in [6.45, 7) is 7.89. The minimum Gasteiger partial charge on any atom is -0.394 e. The summed E-state index contributed by atoms with van der Waals surface area (Å²) in [6, 6.07) is 0.174. The van der Waals surface area contributed by atoms with E-state index in [0.29, 0.717) is 5.41 Å². The number of unbranched alkanes of at least 4 members (excludes halogenated alkanes) is 3. The fourth-order valence-electron chi connectivity index (χ4n) is 9.89. The molecule has 13 atom stereocenters. The van der Waals surface area contributed by atoms with E-state index in [-0.39, 0.29) is 24.2 Å². The van der Waals surface area contributed by atoms with Crippen LogP contribution in [0, 0.1) is 34.5 Å². The summed E-state index contributed by atoms with van der Waals surface area (Å²) in [5, 5.41) is 39.4. The van der Waals surface area contributed by atoms with Gasteiger partial charge < -0.3 is 35.6 Å². The number of fused-ring (bicyclic) bond motifs is 5. The van der Waals surface area contributed by atoms with Gasteiger partial charge in [-0.2, -0.15) is 0 Å². The van der Waals surface area contributed by atoms with E-state index in [1.165, 1.54) is 50.3 Å². The topological polar surface area (TPSA) is 125 Å². The molecule has 0 aromatic rings. The van der Waals surface area contributed by atoms with Crippen molar-refractivity contribution in [2.24, 2.45) is 40.2 Å². The molecule has 7 nitrogen and oxygen atoms in total. The van der Waals surface area contributed by atoms with Crippen molar-refractivity contribution in [3.63, 3.8) is 0 Å². The van der Waals surface area contributed by atoms with Gasteiger partial charge in [-0.25, -0.2) is 0 Å². The van der Waals surface area contributed by atoms with E-state index < -0.39 is 29.9 Å². The quantitative estimate of drug-likeness (QED) is 0.176. The Morgan fingerprint density at radius 3 is 2.56 bits per heavy atom. The molecule has 0 aromatic carbocycles. The van der Waals surface area contributed by atoms with Crippen molar-refractivity contribution in [1.82, 2.24) is 0 Å². The van der Waals surface area contributed by atoms with Gasteiger partial charge in [0.15, 0.2) is 0 Å². The molecule has 5 rings (SSSR count). The fraction of sp³-hybridized carbons (Fsp3) is 0.939. The second-order valence-corrected chi connectivity index (χ2v) is 15.6. The van der Waals surface area contributed by atoms with Gasteiger partial charge in [0, 0.05) is 18.1 Å². The lowest BCUT2D eigenvalue weighted by Crippen LogP contribution is -2.58. The van der Waals surface area contributed by atoms with Gasteiger partial charge in [-0.3, -0.25) is 0 Å². The molecular weight excluding hydrogens is 538 g/mol. The van der Waals surface area contributed by atoms with Crippen LogP contribution in [-0.2, 0) is 9.47 Å². The predicted molar refractivity (Wildman–Crippen MR) is 163 cm³/mol. The lowest BCUT2D eigenvalue weighted by molar-refractivity contribution is -0.205. The summed E-state index contributed by atoms with van der Waals surface area (Å²) in [5.41, 5.74) is 8.66. The Bertz CT molecular complexity index is 903. The highest BCUT2D eigenvalue weighted by atomic mass is 32.2. The summed E-state index contributed by atoms with van der Waals surface area (Å²) in [7, 11) is 0. The van der Waals surface area contributed by atoms with Crippen molar-refractivity contribution in [3.8, 4) is 0 Å². The van der Waals surface area contributed by atoms with Gasteiger partial charge in [-0.05, 0) is 92.6 Å². The maximum atomic E-state index is 10.2. The highest BCUT2D eigenvalue weighted by Crippen LogP contribution is 2.66. The van der Waals surface area contributed by atoms with E-state index in [1.807, 2.05) is 0 Å². The first-order valence-corrected chi connectivity index (χ1v) is 17.7. The molecule has 1 aliphatic heterocycles. The molecule has 41 heavy (non-hydrogen) atoms. The molecule has 0 bridgehead atoms. The summed E-state index contributed by atoms with van der Waals surface area (Å²) < 4.78 is 12.0. The van der Waals surface area contributed by atoms with Gasteiger partial charge in [-0.1, -0.05) is 51.7 Å². The normalized spacial score (nSPS) is 47.8. The molecular formula is C33H57NO6S. The van der Waals surface area contributed by atoms with E-state index in [2.05, 4.69) is 26.8 Å². The monoisotopic (exact) mass is 595 g/mol. The van der Waals surface area contributed by atoms with Gasteiger partial charge in [0.25, 0.3) is 0 Å². The maximum absolute atomic E-state index is 10.2. The van der Waals surface area contributed by atoms with E-state index >= 15 is 0 Å². The molecule has 3 saturated carbocycles. The lowest BCUT2D eigenvalue weighted by Gasteiger charge is -2.60. The molecule has 6 N–H and O–H groups in total. The summed E-state index contributed by atoms with van der Waals surface area (Å²) in [4.78, 5) is 0. The van der Waals surface area contributed by atoms with Crippen LogP contribution in [0.4, 0.5) is 0 Å². The minimum absolute atomic E-state index is 0.132. The average Bonchev–Trinajstić information content (AvgIpc) is 3.31. The lowest BCUT2D eigenvalue weighted by atomic mass is 9.46. The Balaban J connectivity index is 1.03. The third-order valence-corrected chi connectivity index (χ3v) is 13.7. The van der Waals surface area contributed by atoms with Crippen molar-refractivity contribution < 1.29 is 29.9 Å². The molecule has 1 heterocycles. The second-order valence-electron chi connectivity index (χ2n) is 14.4. The molecule has 5 aliphatic rings. The third-order valence-electron chi connectivity index (χ3n) is 12.5. The Hall–Kier alpha value is -0.190. The molecule has 8 heteroatoms. The number of aliphatic hydroxyl groups is 4. The zero-order valence-electron chi connectivity index (χ0n) is 25.6. The van der Waals surface area contributed by atoms with Crippen molar-refractivity contribution >= 4 is 11.8 Å². The molecule has 4 fully saturated rings. The molecule has 4 aliphatic carbocycles. The number of ether oxygens (including phenoxy) is 2. The predicted octanol–water partition coefficient (Wildman–Crippen LogP) is 4.39. The number of hydrogen-bond donors (Lipinski definition) is 5. The summed E-state index contributed by atoms with van der Waals surface area (Å²) in [6.07, 6.45) is 12.5. The van der Waals surface area contributed by atoms with E-state index in [4.69, 9.17) is 15.2 Å². The fourth-order valence-corrected chi connectivity index (χ4v) is 11.1. The number of hydrogen-bond acceptors (Lipinski definition) is 8. The van der Waals surface area contributed by atoms with Crippen molar-refractivity contribution in [2.45, 2.75) is 140 Å². The number of thioether (sulfide) groups is 1. The van der Waals surface area contributed by atoms with Crippen LogP contribution >= 0.6 is 11.8 Å². The molecule has 236 valence electrons. The van der Waals surface area contributed by atoms with Crippen molar-refractivity contribution in [3.05, 3.63) is 11.6 Å². The second kappa shape index (κ2) is 13.4. The van der Waals surface area contributed by atoms with Crippen LogP contribution in [0.2, 0.25) is 0 Å². The van der Waals surface area contributed by atoms with Crippen molar-refractivity contribution in [1.29, 1.82) is 0 Å². The third kappa shape index (κ3) is 6.07. The first kappa shape index (κ1) is 32.2. The highest BCUT2D eigenvalue weighted by molar-refractivity contribution is 7.99. The van der Waals surface area contributed by atoms with Gasteiger partial charge in [0.1, 0.15) is 29.9 Å².